The lowest BCUT2D eigenvalue weighted by Crippen LogP contribution is -2.23. The van der Waals surface area contributed by atoms with Gasteiger partial charge in [0.05, 0.1) is 6.61 Å². The van der Waals surface area contributed by atoms with Crippen molar-refractivity contribution in [1.82, 2.24) is 0 Å². The summed E-state index contributed by atoms with van der Waals surface area (Å²) in [5, 5.41) is 17.3. The molecule has 1 rings (SSSR count). The minimum Gasteiger partial charge on any atom is -0.494 e. The molecule has 0 radical (unpaired) electrons. The molecule has 92 valence electrons. The molecule has 0 fully saturated rings. The second kappa shape index (κ2) is 6.52. The van der Waals surface area contributed by atoms with E-state index >= 15 is 0 Å². The lowest BCUT2D eigenvalue weighted by atomic mass is 10.0. The summed E-state index contributed by atoms with van der Waals surface area (Å²) in [4.78, 5) is 21.2. The van der Waals surface area contributed by atoms with Crippen LogP contribution in [0.15, 0.2) is 30.3 Å². The molecule has 0 aliphatic rings. The van der Waals surface area contributed by atoms with E-state index in [2.05, 4.69) is 0 Å². The molecular formula is C12H14O5. The Kier molecular flexibility index (Phi) is 5.00. The number of benzene rings is 1. The maximum Gasteiger partial charge on any atom is 0.317 e. The van der Waals surface area contributed by atoms with Gasteiger partial charge in [-0.1, -0.05) is 18.2 Å². The van der Waals surface area contributed by atoms with E-state index in [0.717, 1.165) is 0 Å². The predicted octanol–water partition coefficient (Wildman–Crippen LogP) is 1.63. The van der Waals surface area contributed by atoms with Crippen LogP contribution in [0.4, 0.5) is 0 Å². The molecule has 0 saturated heterocycles. The molecule has 0 bridgehead atoms. The zero-order valence-electron chi connectivity index (χ0n) is 9.20. The Morgan fingerprint density at radius 3 is 2.24 bits per heavy atom. The first kappa shape index (κ1) is 13.0. The van der Waals surface area contributed by atoms with Gasteiger partial charge in [-0.25, -0.2) is 0 Å². The molecule has 5 heteroatoms. The van der Waals surface area contributed by atoms with E-state index in [-0.39, 0.29) is 6.42 Å². The van der Waals surface area contributed by atoms with Crippen molar-refractivity contribution in [3.05, 3.63) is 30.3 Å². The topological polar surface area (TPSA) is 83.8 Å². The average Bonchev–Trinajstić information content (AvgIpc) is 2.29. The molecule has 0 aliphatic carbocycles. The highest BCUT2D eigenvalue weighted by Crippen LogP contribution is 2.11. The van der Waals surface area contributed by atoms with Gasteiger partial charge in [-0.2, -0.15) is 0 Å². The van der Waals surface area contributed by atoms with E-state index in [9.17, 15) is 9.59 Å². The first-order chi connectivity index (χ1) is 8.11. The Morgan fingerprint density at radius 1 is 1.12 bits per heavy atom. The lowest BCUT2D eigenvalue weighted by molar-refractivity contribution is -0.154. The molecule has 5 nitrogen and oxygen atoms in total. The fourth-order valence-corrected chi connectivity index (χ4v) is 1.35. The molecule has 1 aromatic carbocycles. The van der Waals surface area contributed by atoms with Gasteiger partial charge in [-0.3, -0.25) is 9.59 Å². The summed E-state index contributed by atoms with van der Waals surface area (Å²) in [6.07, 6.45) is 0.454. The molecule has 0 atom stereocenters. The molecule has 2 N–H and O–H groups in total. The molecular weight excluding hydrogens is 224 g/mol. The van der Waals surface area contributed by atoms with E-state index in [1.807, 2.05) is 18.2 Å². The van der Waals surface area contributed by atoms with Gasteiger partial charge in [0, 0.05) is 0 Å². The molecule has 1 aromatic rings. The largest absolute Gasteiger partial charge is 0.494 e. The summed E-state index contributed by atoms with van der Waals surface area (Å²) in [6.45, 7) is 0.307. The predicted molar refractivity (Wildman–Crippen MR) is 59.9 cm³/mol. The van der Waals surface area contributed by atoms with Crippen LogP contribution >= 0.6 is 0 Å². The van der Waals surface area contributed by atoms with E-state index in [0.29, 0.717) is 18.8 Å². The van der Waals surface area contributed by atoms with Gasteiger partial charge >= 0.3 is 11.9 Å². The Hall–Kier alpha value is -2.04. The second-order valence-corrected chi connectivity index (χ2v) is 3.53. The lowest BCUT2D eigenvalue weighted by Gasteiger charge is -2.08. The van der Waals surface area contributed by atoms with Crippen LogP contribution in [0, 0.1) is 5.92 Å². The van der Waals surface area contributed by atoms with Crippen LogP contribution in [0.1, 0.15) is 12.8 Å². The second-order valence-electron chi connectivity index (χ2n) is 3.53. The summed E-state index contributed by atoms with van der Waals surface area (Å²) in [6, 6.07) is 9.08. The molecule has 0 aromatic heterocycles. The molecule has 0 spiro atoms. The van der Waals surface area contributed by atoms with Gasteiger partial charge in [0.25, 0.3) is 0 Å². The minimum atomic E-state index is -1.35. The summed E-state index contributed by atoms with van der Waals surface area (Å²) in [5.41, 5.74) is 0. The number of hydrogen-bond acceptors (Lipinski definition) is 3. The van der Waals surface area contributed by atoms with Crippen LogP contribution in [-0.2, 0) is 9.59 Å². The molecule has 0 aliphatic heterocycles. The maximum atomic E-state index is 10.6. The number of rotatable bonds is 7. The Bertz CT molecular complexity index is 360. The number of para-hydroxylation sites is 1. The quantitative estimate of drug-likeness (QED) is 0.557. The summed E-state index contributed by atoms with van der Waals surface area (Å²) in [5.74, 6) is -3.28. The Morgan fingerprint density at radius 2 is 1.71 bits per heavy atom. The van der Waals surface area contributed by atoms with Crippen molar-refractivity contribution >= 4 is 11.9 Å². The Balaban J connectivity index is 2.28. The smallest absolute Gasteiger partial charge is 0.317 e. The average molecular weight is 238 g/mol. The molecule has 0 heterocycles. The fourth-order valence-electron chi connectivity index (χ4n) is 1.35. The van der Waals surface area contributed by atoms with Crippen LogP contribution in [-0.4, -0.2) is 28.8 Å². The van der Waals surface area contributed by atoms with Crippen molar-refractivity contribution in [3.8, 4) is 5.75 Å². The minimum absolute atomic E-state index is 0.0670. The van der Waals surface area contributed by atoms with E-state index in [1.165, 1.54) is 0 Å². The van der Waals surface area contributed by atoms with Gasteiger partial charge in [-0.15, -0.1) is 0 Å². The standard InChI is InChI=1S/C12H14O5/c13-11(14)10(12(15)16)7-4-8-17-9-5-2-1-3-6-9/h1-3,5-6,10H,4,7-8H2,(H,13,14)(H,15,16). The first-order valence-electron chi connectivity index (χ1n) is 5.24. The van der Waals surface area contributed by atoms with Crippen molar-refractivity contribution in [2.75, 3.05) is 6.61 Å². The number of ether oxygens (including phenoxy) is 1. The molecule has 0 amide bonds. The number of aliphatic carboxylic acids is 2. The number of carbonyl (C=O) groups is 2. The summed E-state index contributed by atoms with van der Waals surface area (Å²) >= 11 is 0. The van der Waals surface area contributed by atoms with Gasteiger partial charge < -0.3 is 14.9 Å². The van der Waals surface area contributed by atoms with Crippen molar-refractivity contribution < 1.29 is 24.5 Å². The maximum absolute atomic E-state index is 10.6. The van der Waals surface area contributed by atoms with Crippen LogP contribution in [0.25, 0.3) is 0 Å². The summed E-state index contributed by atoms with van der Waals surface area (Å²) < 4.78 is 5.33. The van der Waals surface area contributed by atoms with E-state index in [1.54, 1.807) is 12.1 Å². The zero-order valence-corrected chi connectivity index (χ0v) is 9.20. The molecule has 0 saturated carbocycles. The Labute approximate surface area is 98.6 Å². The van der Waals surface area contributed by atoms with Crippen molar-refractivity contribution in [1.29, 1.82) is 0 Å². The van der Waals surface area contributed by atoms with Crippen molar-refractivity contribution in [2.24, 2.45) is 5.92 Å². The number of carboxylic acids is 2. The SMILES string of the molecule is O=C(O)C(CCCOc1ccccc1)C(=O)O. The zero-order chi connectivity index (χ0) is 12.7. The van der Waals surface area contributed by atoms with Crippen LogP contribution < -0.4 is 4.74 Å². The highest BCUT2D eigenvalue weighted by Gasteiger charge is 2.24. The van der Waals surface area contributed by atoms with Crippen LogP contribution in [0.5, 0.6) is 5.75 Å². The third-order valence-corrected chi connectivity index (χ3v) is 2.25. The molecule has 17 heavy (non-hydrogen) atoms. The number of carboxylic acid groups (broad SMARTS) is 2. The van der Waals surface area contributed by atoms with Crippen LogP contribution in [0.3, 0.4) is 0 Å². The van der Waals surface area contributed by atoms with Gasteiger partial charge in [-0.05, 0) is 25.0 Å². The summed E-state index contributed by atoms with van der Waals surface area (Å²) in [7, 11) is 0. The van der Waals surface area contributed by atoms with Crippen molar-refractivity contribution in [2.45, 2.75) is 12.8 Å². The van der Waals surface area contributed by atoms with Gasteiger partial charge in [0.2, 0.25) is 0 Å². The third kappa shape index (κ3) is 4.55. The first-order valence-corrected chi connectivity index (χ1v) is 5.24. The van der Waals surface area contributed by atoms with Crippen molar-refractivity contribution in [3.63, 3.8) is 0 Å². The van der Waals surface area contributed by atoms with Gasteiger partial charge in [0.15, 0.2) is 5.92 Å². The fraction of sp³-hybridized carbons (Fsp3) is 0.333. The normalized spacial score (nSPS) is 10.2. The third-order valence-electron chi connectivity index (χ3n) is 2.25. The van der Waals surface area contributed by atoms with E-state index < -0.39 is 17.9 Å². The number of hydrogen-bond donors (Lipinski definition) is 2. The van der Waals surface area contributed by atoms with E-state index in [4.69, 9.17) is 14.9 Å². The highest BCUT2D eigenvalue weighted by atomic mass is 16.5. The highest BCUT2D eigenvalue weighted by molar-refractivity contribution is 5.92. The van der Waals surface area contributed by atoms with Gasteiger partial charge in [0.1, 0.15) is 5.75 Å². The van der Waals surface area contributed by atoms with Crippen LogP contribution in [0.2, 0.25) is 0 Å². The molecule has 0 unspecified atom stereocenters. The monoisotopic (exact) mass is 238 g/mol.